The molecule has 0 bridgehead atoms. The standard InChI is InChI=1S/C16H25BrN2/c1-3-13-7-8-19(11-13)12-15-6-5-14(9-16(15)17)10-18-4-2/h5-6,9,13,18H,3-4,7-8,10-12H2,1-2H3. The Morgan fingerprint density at radius 2 is 2.21 bits per heavy atom. The topological polar surface area (TPSA) is 15.3 Å². The summed E-state index contributed by atoms with van der Waals surface area (Å²) >= 11 is 3.72. The number of rotatable bonds is 6. The summed E-state index contributed by atoms with van der Waals surface area (Å²) < 4.78 is 1.25. The quantitative estimate of drug-likeness (QED) is 0.856. The molecule has 1 aliphatic heterocycles. The fourth-order valence-electron chi connectivity index (χ4n) is 2.73. The van der Waals surface area contributed by atoms with Crippen molar-refractivity contribution in [2.75, 3.05) is 19.6 Å². The molecule has 0 aliphatic carbocycles. The van der Waals surface area contributed by atoms with Crippen molar-refractivity contribution >= 4 is 15.9 Å². The second-order valence-electron chi connectivity index (χ2n) is 5.50. The van der Waals surface area contributed by atoms with Crippen LogP contribution in [0.2, 0.25) is 0 Å². The zero-order valence-corrected chi connectivity index (χ0v) is 13.7. The average Bonchev–Trinajstić information content (AvgIpc) is 2.87. The highest BCUT2D eigenvalue weighted by Gasteiger charge is 2.21. The first-order chi connectivity index (χ1) is 9.22. The van der Waals surface area contributed by atoms with Crippen LogP contribution in [0.25, 0.3) is 0 Å². The van der Waals surface area contributed by atoms with E-state index in [1.807, 2.05) is 0 Å². The molecule has 1 fully saturated rings. The number of benzene rings is 1. The van der Waals surface area contributed by atoms with Crippen LogP contribution in [-0.4, -0.2) is 24.5 Å². The van der Waals surface area contributed by atoms with E-state index in [4.69, 9.17) is 0 Å². The fraction of sp³-hybridized carbons (Fsp3) is 0.625. The van der Waals surface area contributed by atoms with Crippen LogP contribution in [0.15, 0.2) is 22.7 Å². The van der Waals surface area contributed by atoms with E-state index in [2.05, 4.69) is 58.2 Å². The van der Waals surface area contributed by atoms with E-state index in [0.717, 1.165) is 25.6 Å². The van der Waals surface area contributed by atoms with E-state index in [1.165, 1.54) is 41.5 Å². The molecule has 19 heavy (non-hydrogen) atoms. The molecule has 0 radical (unpaired) electrons. The molecule has 1 atom stereocenters. The molecule has 2 nitrogen and oxygen atoms in total. The normalized spacial score (nSPS) is 20.1. The zero-order valence-electron chi connectivity index (χ0n) is 12.1. The average molecular weight is 325 g/mol. The van der Waals surface area contributed by atoms with Gasteiger partial charge in [0.1, 0.15) is 0 Å². The van der Waals surface area contributed by atoms with Crippen molar-refractivity contribution in [1.29, 1.82) is 0 Å². The lowest BCUT2D eigenvalue weighted by molar-refractivity contribution is 0.314. The van der Waals surface area contributed by atoms with Gasteiger partial charge in [0.05, 0.1) is 0 Å². The van der Waals surface area contributed by atoms with Crippen LogP contribution in [-0.2, 0) is 13.1 Å². The SMILES string of the molecule is CCNCc1ccc(CN2CCC(CC)C2)c(Br)c1. The van der Waals surface area contributed by atoms with Gasteiger partial charge in [-0.3, -0.25) is 4.90 Å². The number of nitrogens with one attached hydrogen (secondary N) is 1. The molecular formula is C16H25BrN2. The third-order valence-electron chi connectivity index (χ3n) is 4.04. The third kappa shape index (κ3) is 4.30. The number of likely N-dealkylation sites (tertiary alicyclic amines) is 1. The third-order valence-corrected chi connectivity index (χ3v) is 4.78. The Bertz CT molecular complexity index is 406. The van der Waals surface area contributed by atoms with Crippen molar-refractivity contribution in [2.24, 2.45) is 5.92 Å². The molecule has 2 rings (SSSR count). The largest absolute Gasteiger partial charge is 0.313 e. The molecule has 1 heterocycles. The summed E-state index contributed by atoms with van der Waals surface area (Å²) in [5.74, 6) is 0.909. The Morgan fingerprint density at radius 1 is 1.37 bits per heavy atom. The van der Waals surface area contributed by atoms with E-state index < -0.39 is 0 Å². The molecule has 106 valence electrons. The molecule has 1 aromatic rings. The molecule has 1 N–H and O–H groups in total. The van der Waals surface area contributed by atoms with Gasteiger partial charge in [0.2, 0.25) is 0 Å². The summed E-state index contributed by atoms with van der Waals surface area (Å²) in [4.78, 5) is 2.58. The highest BCUT2D eigenvalue weighted by molar-refractivity contribution is 9.10. The molecule has 1 aromatic carbocycles. The molecule has 0 aromatic heterocycles. The van der Waals surface area contributed by atoms with Gasteiger partial charge in [-0.15, -0.1) is 0 Å². The number of nitrogens with zero attached hydrogens (tertiary/aromatic N) is 1. The Labute approximate surface area is 125 Å². The summed E-state index contributed by atoms with van der Waals surface area (Å²) in [5.41, 5.74) is 2.77. The first-order valence-corrected chi connectivity index (χ1v) is 8.22. The van der Waals surface area contributed by atoms with Gasteiger partial charge in [0.25, 0.3) is 0 Å². The maximum absolute atomic E-state index is 3.72. The van der Waals surface area contributed by atoms with Crippen molar-refractivity contribution in [2.45, 2.75) is 39.8 Å². The van der Waals surface area contributed by atoms with Gasteiger partial charge in [-0.2, -0.15) is 0 Å². The van der Waals surface area contributed by atoms with Gasteiger partial charge in [-0.05, 0) is 42.6 Å². The van der Waals surface area contributed by atoms with Crippen molar-refractivity contribution in [3.63, 3.8) is 0 Å². The van der Waals surface area contributed by atoms with Gasteiger partial charge in [0.15, 0.2) is 0 Å². The lowest BCUT2D eigenvalue weighted by Crippen LogP contribution is -2.20. The Balaban J connectivity index is 1.93. The smallest absolute Gasteiger partial charge is 0.0245 e. The highest BCUT2D eigenvalue weighted by Crippen LogP contribution is 2.25. The molecule has 0 saturated carbocycles. The van der Waals surface area contributed by atoms with E-state index in [0.29, 0.717) is 0 Å². The Kier molecular flexibility index (Phi) is 5.86. The molecule has 0 spiro atoms. The van der Waals surface area contributed by atoms with Crippen LogP contribution >= 0.6 is 15.9 Å². The van der Waals surface area contributed by atoms with Crippen LogP contribution in [0.4, 0.5) is 0 Å². The highest BCUT2D eigenvalue weighted by atomic mass is 79.9. The van der Waals surface area contributed by atoms with Crippen LogP contribution in [0, 0.1) is 5.92 Å². The Hall–Kier alpha value is -0.380. The number of halogens is 1. The summed E-state index contributed by atoms with van der Waals surface area (Å²) in [6.07, 6.45) is 2.69. The minimum Gasteiger partial charge on any atom is -0.313 e. The van der Waals surface area contributed by atoms with Crippen molar-refractivity contribution < 1.29 is 0 Å². The zero-order chi connectivity index (χ0) is 13.7. The first-order valence-electron chi connectivity index (χ1n) is 7.43. The lowest BCUT2D eigenvalue weighted by atomic mass is 10.1. The maximum Gasteiger partial charge on any atom is 0.0245 e. The van der Waals surface area contributed by atoms with Gasteiger partial charge in [-0.25, -0.2) is 0 Å². The van der Waals surface area contributed by atoms with Crippen molar-refractivity contribution in [1.82, 2.24) is 10.2 Å². The van der Waals surface area contributed by atoms with Crippen molar-refractivity contribution in [3.8, 4) is 0 Å². The van der Waals surface area contributed by atoms with E-state index in [1.54, 1.807) is 0 Å². The van der Waals surface area contributed by atoms with E-state index in [-0.39, 0.29) is 0 Å². The second-order valence-corrected chi connectivity index (χ2v) is 6.36. The van der Waals surface area contributed by atoms with E-state index >= 15 is 0 Å². The second kappa shape index (κ2) is 7.41. The molecule has 0 amide bonds. The molecule has 3 heteroatoms. The van der Waals surface area contributed by atoms with Gasteiger partial charge >= 0.3 is 0 Å². The van der Waals surface area contributed by atoms with Gasteiger partial charge < -0.3 is 5.32 Å². The monoisotopic (exact) mass is 324 g/mol. The Morgan fingerprint density at radius 3 is 2.84 bits per heavy atom. The molecule has 1 saturated heterocycles. The lowest BCUT2D eigenvalue weighted by Gasteiger charge is -2.17. The van der Waals surface area contributed by atoms with E-state index in [9.17, 15) is 0 Å². The predicted molar refractivity (Wildman–Crippen MR) is 85.2 cm³/mol. The summed E-state index contributed by atoms with van der Waals surface area (Å²) in [5, 5.41) is 3.37. The predicted octanol–water partition coefficient (Wildman–Crippen LogP) is 3.79. The first kappa shape index (κ1) is 15.0. The van der Waals surface area contributed by atoms with Crippen LogP contribution in [0.3, 0.4) is 0 Å². The minimum atomic E-state index is 0.909. The summed E-state index contributed by atoms with van der Waals surface area (Å²) in [7, 11) is 0. The summed E-state index contributed by atoms with van der Waals surface area (Å²) in [6, 6.07) is 6.78. The number of hydrogen-bond donors (Lipinski definition) is 1. The fourth-order valence-corrected chi connectivity index (χ4v) is 3.28. The van der Waals surface area contributed by atoms with Gasteiger partial charge in [-0.1, -0.05) is 48.3 Å². The van der Waals surface area contributed by atoms with Crippen LogP contribution in [0.5, 0.6) is 0 Å². The van der Waals surface area contributed by atoms with Gasteiger partial charge in [0, 0.05) is 24.1 Å². The van der Waals surface area contributed by atoms with Crippen LogP contribution in [0.1, 0.15) is 37.8 Å². The minimum absolute atomic E-state index is 0.909. The molecular weight excluding hydrogens is 300 g/mol. The number of hydrogen-bond acceptors (Lipinski definition) is 2. The molecule has 1 aliphatic rings. The maximum atomic E-state index is 3.72. The van der Waals surface area contributed by atoms with Crippen molar-refractivity contribution in [3.05, 3.63) is 33.8 Å². The molecule has 1 unspecified atom stereocenters. The summed E-state index contributed by atoms with van der Waals surface area (Å²) in [6.45, 7) is 10.0. The van der Waals surface area contributed by atoms with Crippen LogP contribution < -0.4 is 5.32 Å².